The number of thiocarbonyl (C=S) groups is 1. The van der Waals surface area contributed by atoms with Gasteiger partial charge in [0.05, 0.1) is 0 Å². The number of benzene rings is 1. The molecule has 2 atom stereocenters. The summed E-state index contributed by atoms with van der Waals surface area (Å²) in [5.41, 5.74) is 1.92. The molecule has 25 heavy (non-hydrogen) atoms. The molecular weight excluding hydrogens is 330 g/mol. The first kappa shape index (κ1) is 18.2. The van der Waals surface area contributed by atoms with Crippen molar-refractivity contribution in [2.45, 2.75) is 70.5 Å². The van der Waals surface area contributed by atoms with E-state index in [2.05, 4.69) is 22.5 Å². The normalized spacial score (nSPS) is 25.4. The van der Waals surface area contributed by atoms with Crippen LogP contribution < -0.4 is 10.6 Å². The molecule has 5 heteroatoms. The van der Waals surface area contributed by atoms with Crippen molar-refractivity contribution in [3.8, 4) is 0 Å². The smallest absolute Gasteiger partial charge is 0.251 e. The fraction of sp³-hybridized carbons (Fsp3) is 0.600. The van der Waals surface area contributed by atoms with Gasteiger partial charge in [0.25, 0.3) is 5.91 Å². The number of amides is 1. The minimum Gasteiger partial charge on any atom is -0.363 e. The molecule has 2 fully saturated rings. The van der Waals surface area contributed by atoms with Crippen molar-refractivity contribution in [1.29, 1.82) is 0 Å². The second-order valence-electron chi connectivity index (χ2n) is 7.39. The molecule has 1 aromatic carbocycles. The summed E-state index contributed by atoms with van der Waals surface area (Å²) in [5, 5.41) is 7.55. The predicted molar refractivity (Wildman–Crippen MR) is 106 cm³/mol. The van der Waals surface area contributed by atoms with Crippen molar-refractivity contribution in [2.75, 3.05) is 6.54 Å². The maximum absolute atomic E-state index is 12.5. The molecule has 2 N–H and O–H groups in total. The number of rotatable bonds is 4. The third kappa shape index (κ3) is 4.32. The van der Waals surface area contributed by atoms with E-state index in [0.29, 0.717) is 12.1 Å². The number of nitrogens with zero attached hydrogens (tertiary/aromatic N) is 1. The fourth-order valence-electron chi connectivity index (χ4n) is 4.13. The number of nitrogens with one attached hydrogen (secondary N) is 2. The standard InChI is InChI=1S/C20H29N3OS/c1-3-11-21-20(25)23-17-5-4-6-18(23)13-16(12-17)22-19(24)15-9-7-14(2)8-10-15/h7-10,16-18H,3-6,11-13H2,1-2H3,(H,21,25)(H,22,24)/t17-,18-/m1/s1. The van der Waals surface area contributed by atoms with E-state index in [4.69, 9.17) is 12.2 Å². The molecule has 0 aromatic heterocycles. The highest BCUT2D eigenvalue weighted by molar-refractivity contribution is 7.80. The maximum Gasteiger partial charge on any atom is 0.251 e. The van der Waals surface area contributed by atoms with Crippen molar-refractivity contribution < 1.29 is 4.79 Å². The van der Waals surface area contributed by atoms with Crippen LogP contribution in [0.1, 0.15) is 61.4 Å². The largest absolute Gasteiger partial charge is 0.363 e. The maximum atomic E-state index is 12.5. The summed E-state index contributed by atoms with van der Waals surface area (Å²) < 4.78 is 0. The average Bonchev–Trinajstić information content (AvgIpc) is 2.59. The second-order valence-corrected chi connectivity index (χ2v) is 7.77. The number of fused-ring (bicyclic) bond motifs is 2. The minimum atomic E-state index is 0.0446. The van der Waals surface area contributed by atoms with E-state index in [9.17, 15) is 4.79 Å². The first-order valence-electron chi connectivity index (χ1n) is 9.52. The van der Waals surface area contributed by atoms with E-state index in [0.717, 1.165) is 36.5 Å². The Kier molecular flexibility index (Phi) is 5.94. The molecule has 2 bridgehead atoms. The highest BCUT2D eigenvalue weighted by atomic mass is 32.1. The molecule has 1 amide bonds. The SMILES string of the molecule is CCCNC(=S)N1[C@@H]2CCC[C@@H]1CC(NC(=O)c1ccc(C)cc1)C2. The Bertz CT molecular complexity index is 602. The van der Waals surface area contributed by atoms with Gasteiger partial charge < -0.3 is 15.5 Å². The monoisotopic (exact) mass is 359 g/mol. The molecule has 0 spiro atoms. The van der Waals surface area contributed by atoms with Gasteiger partial charge in [0.15, 0.2) is 5.11 Å². The minimum absolute atomic E-state index is 0.0446. The van der Waals surface area contributed by atoms with Crippen LogP contribution in [0.15, 0.2) is 24.3 Å². The van der Waals surface area contributed by atoms with Crippen LogP contribution in [-0.2, 0) is 0 Å². The topological polar surface area (TPSA) is 44.4 Å². The highest BCUT2D eigenvalue weighted by Gasteiger charge is 2.39. The summed E-state index contributed by atoms with van der Waals surface area (Å²) in [7, 11) is 0. The van der Waals surface area contributed by atoms with Gasteiger partial charge in [-0.3, -0.25) is 4.79 Å². The van der Waals surface area contributed by atoms with E-state index in [1.165, 1.54) is 24.8 Å². The quantitative estimate of drug-likeness (QED) is 0.809. The van der Waals surface area contributed by atoms with E-state index >= 15 is 0 Å². The number of carbonyl (C=O) groups is 1. The van der Waals surface area contributed by atoms with Gasteiger partial charge in [-0.2, -0.15) is 0 Å². The summed E-state index contributed by atoms with van der Waals surface area (Å²) in [6.45, 7) is 5.12. The zero-order valence-electron chi connectivity index (χ0n) is 15.3. The van der Waals surface area contributed by atoms with E-state index in [-0.39, 0.29) is 11.9 Å². The lowest BCUT2D eigenvalue weighted by atomic mass is 9.82. The van der Waals surface area contributed by atoms with Crippen LogP contribution in [-0.4, -0.2) is 40.6 Å². The van der Waals surface area contributed by atoms with Gasteiger partial charge in [0.1, 0.15) is 0 Å². The number of hydrogen-bond donors (Lipinski definition) is 2. The Morgan fingerprint density at radius 1 is 1.20 bits per heavy atom. The Labute approximate surface area is 156 Å². The van der Waals surface area contributed by atoms with Crippen LogP contribution >= 0.6 is 12.2 Å². The van der Waals surface area contributed by atoms with Crippen molar-refractivity contribution in [2.24, 2.45) is 0 Å². The predicted octanol–water partition coefficient (Wildman–Crippen LogP) is 3.39. The molecule has 1 aromatic rings. The van der Waals surface area contributed by atoms with Crippen LogP contribution in [0.5, 0.6) is 0 Å². The lowest BCUT2D eigenvalue weighted by Crippen LogP contribution is -2.60. The Morgan fingerprint density at radius 2 is 1.84 bits per heavy atom. The zero-order chi connectivity index (χ0) is 17.8. The summed E-state index contributed by atoms with van der Waals surface area (Å²) in [5.74, 6) is 0.0446. The molecule has 2 saturated heterocycles. The third-order valence-electron chi connectivity index (χ3n) is 5.38. The first-order chi connectivity index (χ1) is 12.1. The number of carbonyl (C=O) groups excluding carboxylic acids is 1. The van der Waals surface area contributed by atoms with Crippen molar-refractivity contribution in [3.63, 3.8) is 0 Å². The first-order valence-corrected chi connectivity index (χ1v) is 9.93. The van der Waals surface area contributed by atoms with Gasteiger partial charge in [-0.1, -0.05) is 24.6 Å². The van der Waals surface area contributed by atoms with Crippen LogP contribution in [0, 0.1) is 6.92 Å². The lowest BCUT2D eigenvalue weighted by Gasteiger charge is -2.50. The van der Waals surface area contributed by atoms with Gasteiger partial charge in [0, 0.05) is 30.2 Å². The molecule has 2 aliphatic heterocycles. The molecule has 2 aliphatic rings. The molecule has 136 valence electrons. The number of aryl methyl sites for hydroxylation is 1. The molecule has 0 radical (unpaired) electrons. The highest BCUT2D eigenvalue weighted by Crippen LogP contribution is 2.34. The molecular formula is C20H29N3OS. The second kappa shape index (κ2) is 8.17. The molecule has 4 nitrogen and oxygen atoms in total. The van der Waals surface area contributed by atoms with Crippen LogP contribution in [0.25, 0.3) is 0 Å². The molecule has 3 rings (SSSR count). The van der Waals surface area contributed by atoms with Gasteiger partial charge in [-0.15, -0.1) is 0 Å². The van der Waals surface area contributed by atoms with Crippen molar-refractivity contribution >= 4 is 23.2 Å². The van der Waals surface area contributed by atoms with Crippen molar-refractivity contribution in [1.82, 2.24) is 15.5 Å². The molecule has 0 aliphatic carbocycles. The van der Waals surface area contributed by atoms with Gasteiger partial charge in [-0.25, -0.2) is 0 Å². The number of hydrogen-bond acceptors (Lipinski definition) is 2. The summed E-state index contributed by atoms with van der Waals surface area (Å²) in [6.07, 6.45) is 6.66. The molecule has 0 unspecified atom stereocenters. The summed E-state index contributed by atoms with van der Waals surface area (Å²) in [6, 6.07) is 8.94. The Balaban J connectivity index is 1.62. The Hall–Kier alpha value is -1.62. The summed E-state index contributed by atoms with van der Waals surface area (Å²) >= 11 is 5.64. The number of piperidine rings is 2. The molecule has 2 heterocycles. The third-order valence-corrected chi connectivity index (χ3v) is 5.74. The van der Waals surface area contributed by atoms with E-state index < -0.39 is 0 Å². The van der Waals surface area contributed by atoms with Gasteiger partial charge in [0.2, 0.25) is 0 Å². The zero-order valence-corrected chi connectivity index (χ0v) is 16.1. The van der Waals surface area contributed by atoms with Crippen LogP contribution in [0.2, 0.25) is 0 Å². The van der Waals surface area contributed by atoms with Crippen molar-refractivity contribution in [3.05, 3.63) is 35.4 Å². The fourth-order valence-corrected chi connectivity index (χ4v) is 4.53. The van der Waals surface area contributed by atoms with Crippen LogP contribution in [0.3, 0.4) is 0 Å². The van der Waals surface area contributed by atoms with Crippen LogP contribution in [0.4, 0.5) is 0 Å². The van der Waals surface area contributed by atoms with E-state index in [1.807, 2.05) is 31.2 Å². The van der Waals surface area contributed by atoms with Gasteiger partial charge >= 0.3 is 0 Å². The Morgan fingerprint density at radius 3 is 2.44 bits per heavy atom. The molecule has 0 saturated carbocycles. The van der Waals surface area contributed by atoms with Gasteiger partial charge in [-0.05, 0) is 69.8 Å². The summed E-state index contributed by atoms with van der Waals surface area (Å²) in [4.78, 5) is 15.0. The van der Waals surface area contributed by atoms with E-state index in [1.54, 1.807) is 0 Å². The lowest BCUT2D eigenvalue weighted by molar-refractivity contribution is 0.0740. The average molecular weight is 360 g/mol.